The van der Waals surface area contributed by atoms with E-state index in [1.165, 1.54) is 23.9 Å². The molecule has 4 unspecified atom stereocenters. The van der Waals surface area contributed by atoms with E-state index in [4.69, 9.17) is 9.47 Å². The number of amides is 2. The molecule has 0 saturated carbocycles. The number of hydrogen-bond donors (Lipinski definition) is 0. The lowest BCUT2D eigenvalue weighted by molar-refractivity contribution is -0.180. The van der Waals surface area contributed by atoms with Crippen molar-refractivity contribution in [1.82, 2.24) is 9.80 Å². The maximum absolute atomic E-state index is 13.4. The van der Waals surface area contributed by atoms with E-state index in [9.17, 15) is 19.2 Å². The molecule has 1 aliphatic heterocycles. The highest BCUT2D eigenvalue weighted by Gasteiger charge is 2.42. The van der Waals surface area contributed by atoms with Gasteiger partial charge in [-0.05, 0) is 49.4 Å². The molecule has 1 saturated heterocycles. The third-order valence-electron chi connectivity index (χ3n) is 6.39. The first kappa shape index (κ1) is 29.9. The smallest absolute Gasteiger partial charge is 0.329 e. The number of likely N-dealkylation sites (N-methyl/N-ethyl adjacent to an activating group) is 2. The van der Waals surface area contributed by atoms with E-state index in [1.54, 1.807) is 27.7 Å². The topological polar surface area (TPSA) is 93.2 Å². The van der Waals surface area contributed by atoms with E-state index < -0.39 is 48.0 Å². The summed E-state index contributed by atoms with van der Waals surface area (Å²) in [5, 5.41) is 0. The predicted octanol–water partition coefficient (Wildman–Crippen LogP) is 3.66. The first-order chi connectivity index (χ1) is 15.7. The van der Waals surface area contributed by atoms with E-state index in [2.05, 4.69) is 0 Å². The minimum absolute atomic E-state index is 0.307. The van der Waals surface area contributed by atoms with E-state index >= 15 is 0 Å². The first-order valence-corrected chi connectivity index (χ1v) is 12.6. The number of esters is 2. The molecule has 0 N–H and O–H groups in total. The molecule has 0 spiro atoms. The van der Waals surface area contributed by atoms with Crippen LogP contribution < -0.4 is 0 Å². The lowest BCUT2D eigenvalue weighted by atomic mass is 9.98. The molecule has 0 aliphatic carbocycles. The van der Waals surface area contributed by atoms with Gasteiger partial charge in [0.25, 0.3) is 11.8 Å². The molecule has 0 aromatic rings. The summed E-state index contributed by atoms with van der Waals surface area (Å²) in [7, 11) is 3.08. The fraction of sp³-hybridized carbons (Fsp3) is 0.846. The van der Waals surface area contributed by atoms with E-state index in [1.807, 2.05) is 27.7 Å². The van der Waals surface area contributed by atoms with Gasteiger partial charge in [-0.15, -0.1) is 0 Å². The SMILES string of the molecule is CC(C)CCC1C(=O)OC(C(C)C)C(=O)N(C)C(CCC(C)C)C(=O)OC(C(C)C)C(=O)N1C. The van der Waals surface area contributed by atoms with Gasteiger partial charge in [-0.2, -0.15) is 0 Å². The molecule has 1 heterocycles. The number of carbonyl (C=O) groups is 4. The number of cyclic esters (lactones) is 2. The Kier molecular flexibility index (Phi) is 11.5. The monoisotopic (exact) mass is 482 g/mol. The number of hydrogen-bond acceptors (Lipinski definition) is 6. The van der Waals surface area contributed by atoms with Crippen molar-refractivity contribution < 1.29 is 28.7 Å². The maximum Gasteiger partial charge on any atom is 0.329 e. The third kappa shape index (κ3) is 7.98. The van der Waals surface area contributed by atoms with E-state index in [-0.39, 0.29) is 11.8 Å². The Bertz CT molecular complexity index is 658. The Morgan fingerprint density at radius 3 is 1.15 bits per heavy atom. The molecule has 4 atom stereocenters. The van der Waals surface area contributed by atoms with Crippen molar-refractivity contribution in [2.75, 3.05) is 14.1 Å². The van der Waals surface area contributed by atoms with Crippen molar-refractivity contribution in [3.8, 4) is 0 Å². The highest BCUT2D eigenvalue weighted by molar-refractivity contribution is 5.93. The number of nitrogens with zero attached hydrogens (tertiary/aromatic N) is 2. The van der Waals surface area contributed by atoms with Crippen LogP contribution in [0.4, 0.5) is 0 Å². The normalized spacial score (nSPS) is 25.7. The van der Waals surface area contributed by atoms with Crippen LogP contribution >= 0.6 is 0 Å². The molecule has 2 amide bonds. The third-order valence-corrected chi connectivity index (χ3v) is 6.39. The second kappa shape index (κ2) is 13.1. The summed E-state index contributed by atoms with van der Waals surface area (Å²) in [6.07, 6.45) is 0.0590. The average molecular weight is 483 g/mol. The van der Waals surface area contributed by atoms with Gasteiger partial charge in [0.2, 0.25) is 0 Å². The fourth-order valence-corrected chi connectivity index (χ4v) is 3.98. The molecule has 8 nitrogen and oxygen atoms in total. The summed E-state index contributed by atoms with van der Waals surface area (Å²) >= 11 is 0. The lowest BCUT2D eigenvalue weighted by Gasteiger charge is -2.37. The summed E-state index contributed by atoms with van der Waals surface area (Å²) in [6.45, 7) is 15.3. The Balaban J connectivity index is 3.51. The van der Waals surface area contributed by atoms with Crippen LogP contribution in [-0.2, 0) is 28.7 Å². The zero-order chi connectivity index (χ0) is 26.3. The Morgan fingerprint density at radius 1 is 0.618 bits per heavy atom. The average Bonchev–Trinajstić information content (AvgIpc) is 2.73. The van der Waals surface area contributed by atoms with Crippen LogP contribution in [0.25, 0.3) is 0 Å². The fourth-order valence-electron chi connectivity index (χ4n) is 3.98. The summed E-state index contributed by atoms with van der Waals surface area (Å²) in [5.41, 5.74) is 0. The molecule has 1 rings (SSSR count). The van der Waals surface area contributed by atoms with Gasteiger partial charge in [-0.25, -0.2) is 9.59 Å². The van der Waals surface area contributed by atoms with Gasteiger partial charge in [-0.1, -0.05) is 55.4 Å². The van der Waals surface area contributed by atoms with Gasteiger partial charge < -0.3 is 19.3 Å². The van der Waals surface area contributed by atoms with Crippen LogP contribution in [0, 0.1) is 23.7 Å². The molecule has 8 heteroatoms. The quantitative estimate of drug-likeness (QED) is 0.490. The van der Waals surface area contributed by atoms with Crippen LogP contribution in [0.3, 0.4) is 0 Å². The second-order valence-electron chi connectivity index (χ2n) is 11.1. The molecule has 0 aromatic carbocycles. The first-order valence-electron chi connectivity index (χ1n) is 12.6. The number of ether oxygens (including phenoxy) is 2. The summed E-state index contributed by atoms with van der Waals surface area (Å²) in [4.78, 5) is 56.2. The molecule has 0 radical (unpaired) electrons. The van der Waals surface area contributed by atoms with Crippen LogP contribution in [0.15, 0.2) is 0 Å². The lowest BCUT2D eigenvalue weighted by Crippen LogP contribution is -2.56. The maximum atomic E-state index is 13.4. The van der Waals surface area contributed by atoms with Crippen LogP contribution in [0.5, 0.6) is 0 Å². The van der Waals surface area contributed by atoms with Gasteiger partial charge in [0.15, 0.2) is 12.2 Å². The molecule has 34 heavy (non-hydrogen) atoms. The van der Waals surface area contributed by atoms with Crippen LogP contribution in [0.2, 0.25) is 0 Å². The highest BCUT2D eigenvalue weighted by Crippen LogP contribution is 2.24. The van der Waals surface area contributed by atoms with Gasteiger partial charge in [0.05, 0.1) is 0 Å². The van der Waals surface area contributed by atoms with Crippen molar-refractivity contribution in [1.29, 1.82) is 0 Å². The summed E-state index contributed by atoms with van der Waals surface area (Å²) in [5.74, 6) is -2.08. The van der Waals surface area contributed by atoms with Crippen molar-refractivity contribution in [2.24, 2.45) is 23.7 Å². The number of carbonyl (C=O) groups excluding carboxylic acids is 4. The molecular weight excluding hydrogens is 436 g/mol. The van der Waals surface area contributed by atoms with Crippen LogP contribution in [0.1, 0.15) is 81.1 Å². The Hall–Kier alpha value is -2.12. The molecule has 1 fully saturated rings. The molecule has 196 valence electrons. The van der Waals surface area contributed by atoms with Crippen molar-refractivity contribution in [3.05, 3.63) is 0 Å². The molecule has 0 aromatic heterocycles. The predicted molar refractivity (Wildman–Crippen MR) is 131 cm³/mol. The molecular formula is C26H46N2O6. The van der Waals surface area contributed by atoms with Crippen molar-refractivity contribution in [2.45, 2.75) is 105 Å². The van der Waals surface area contributed by atoms with Gasteiger partial charge in [-0.3, -0.25) is 9.59 Å². The van der Waals surface area contributed by atoms with E-state index in [0.717, 1.165) is 0 Å². The second-order valence-corrected chi connectivity index (χ2v) is 11.1. The van der Waals surface area contributed by atoms with Crippen LogP contribution in [-0.4, -0.2) is 71.9 Å². The van der Waals surface area contributed by atoms with Crippen molar-refractivity contribution in [3.63, 3.8) is 0 Å². The summed E-state index contributed by atoms with van der Waals surface area (Å²) in [6, 6.07) is -1.74. The molecule has 0 bridgehead atoms. The van der Waals surface area contributed by atoms with Gasteiger partial charge >= 0.3 is 11.9 Å². The number of rotatable bonds is 8. The standard InChI is InChI=1S/C26H46N2O6/c1-15(2)11-13-19-25(31)33-22(18(7)8)24(30)28(10)20(14-12-16(3)4)26(32)34-21(17(5)6)23(29)27(19)9/h15-22H,11-14H2,1-10H3. The van der Waals surface area contributed by atoms with Gasteiger partial charge in [0.1, 0.15) is 12.1 Å². The Morgan fingerprint density at radius 2 is 0.912 bits per heavy atom. The highest BCUT2D eigenvalue weighted by atomic mass is 16.6. The van der Waals surface area contributed by atoms with Crippen molar-refractivity contribution >= 4 is 23.8 Å². The Labute approximate surface area is 205 Å². The largest absolute Gasteiger partial charge is 0.450 e. The molecule has 1 aliphatic rings. The van der Waals surface area contributed by atoms with Gasteiger partial charge in [0, 0.05) is 14.1 Å². The zero-order valence-electron chi connectivity index (χ0n) is 22.8. The summed E-state index contributed by atoms with van der Waals surface area (Å²) < 4.78 is 11.5. The minimum Gasteiger partial charge on any atom is -0.450 e. The van der Waals surface area contributed by atoms with E-state index in [0.29, 0.717) is 37.5 Å². The zero-order valence-corrected chi connectivity index (χ0v) is 22.8. The minimum atomic E-state index is -1.06.